The lowest BCUT2D eigenvalue weighted by atomic mass is 10.0. The molecule has 1 heterocycles. The zero-order chi connectivity index (χ0) is 17.4. The Bertz CT molecular complexity index is 1070. The zero-order valence-electron chi connectivity index (χ0n) is 14.7. The molecule has 0 saturated heterocycles. The number of hydrogen-bond acceptors (Lipinski definition) is 0. The number of nitrogens with zero attached hydrogens (tertiary/aromatic N) is 1. The normalized spacial score (nSPS) is 11.0. The van der Waals surface area contributed by atoms with E-state index >= 15 is 0 Å². The van der Waals surface area contributed by atoms with Crippen molar-refractivity contribution in [1.29, 1.82) is 0 Å². The number of para-hydroxylation sites is 1. The zero-order valence-corrected chi connectivity index (χ0v) is 14.7. The first kappa shape index (κ1) is 15.5. The monoisotopic (exact) mass is 323 g/mol. The molecule has 0 atom stereocenters. The Morgan fingerprint density at radius 3 is 2.28 bits per heavy atom. The van der Waals surface area contributed by atoms with Crippen molar-refractivity contribution in [3.63, 3.8) is 0 Å². The Morgan fingerprint density at radius 1 is 0.800 bits per heavy atom. The van der Waals surface area contributed by atoms with Crippen LogP contribution in [0.5, 0.6) is 0 Å². The molecule has 4 aromatic rings. The Labute approximate surface area is 148 Å². The molecule has 0 aliphatic carbocycles. The van der Waals surface area contributed by atoms with E-state index in [9.17, 15) is 0 Å². The van der Waals surface area contributed by atoms with Gasteiger partial charge in [-0.15, -0.1) is 0 Å². The van der Waals surface area contributed by atoms with E-state index in [2.05, 4.69) is 97.8 Å². The van der Waals surface area contributed by atoms with Gasteiger partial charge < -0.3 is 4.57 Å². The lowest BCUT2D eigenvalue weighted by Gasteiger charge is -2.13. The van der Waals surface area contributed by atoms with Crippen molar-refractivity contribution in [2.75, 3.05) is 0 Å². The van der Waals surface area contributed by atoms with Crippen LogP contribution in [-0.2, 0) is 0 Å². The van der Waals surface area contributed by atoms with E-state index in [0.717, 1.165) is 0 Å². The molecule has 0 bridgehead atoms. The molecule has 0 N–H and O–H groups in total. The lowest BCUT2D eigenvalue weighted by molar-refractivity contribution is 1.05. The summed E-state index contributed by atoms with van der Waals surface area (Å²) in [4.78, 5) is 0. The minimum atomic E-state index is 1.20. The van der Waals surface area contributed by atoms with Crippen molar-refractivity contribution in [3.05, 3.63) is 96.2 Å². The van der Waals surface area contributed by atoms with Gasteiger partial charge in [-0.05, 0) is 48.7 Å². The molecule has 0 spiro atoms. The molecule has 0 saturated carbocycles. The lowest BCUT2D eigenvalue weighted by Crippen LogP contribution is -1.98. The largest absolute Gasteiger partial charge is 0.313 e. The molecule has 3 aromatic carbocycles. The van der Waals surface area contributed by atoms with Gasteiger partial charge in [0.2, 0.25) is 0 Å². The third-order valence-corrected chi connectivity index (χ3v) is 4.79. The van der Waals surface area contributed by atoms with Gasteiger partial charge in [0.15, 0.2) is 0 Å². The van der Waals surface area contributed by atoms with Gasteiger partial charge in [0, 0.05) is 22.3 Å². The topological polar surface area (TPSA) is 4.93 Å². The summed E-state index contributed by atoms with van der Waals surface area (Å²) < 4.78 is 2.34. The van der Waals surface area contributed by atoms with Crippen LogP contribution in [0, 0.1) is 13.8 Å². The van der Waals surface area contributed by atoms with Crippen molar-refractivity contribution >= 4 is 17.0 Å². The van der Waals surface area contributed by atoms with E-state index < -0.39 is 0 Å². The third kappa shape index (κ3) is 2.58. The number of fused-ring (bicyclic) bond motifs is 1. The van der Waals surface area contributed by atoms with Gasteiger partial charge in [0.05, 0.1) is 5.52 Å². The molecule has 0 fully saturated rings. The summed E-state index contributed by atoms with van der Waals surface area (Å²) in [7, 11) is 0. The highest BCUT2D eigenvalue weighted by Crippen LogP contribution is 2.32. The maximum atomic E-state index is 4.02. The molecular formula is C24H21N. The number of hydrogen-bond donors (Lipinski definition) is 0. The number of rotatable bonds is 3. The van der Waals surface area contributed by atoms with Gasteiger partial charge in [-0.25, -0.2) is 0 Å². The van der Waals surface area contributed by atoms with Gasteiger partial charge in [-0.1, -0.05) is 67.3 Å². The number of aryl methyl sites for hydroxylation is 1. The Kier molecular flexibility index (Phi) is 3.77. The molecule has 1 heteroatoms. The second kappa shape index (κ2) is 6.10. The molecule has 0 unspecified atom stereocenters. The average Bonchev–Trinajstić information content (AvgIpc) is 2.93. The SMILES string of the molecule is C=Cc1c(C)n(-c2cc(C)cc(-c3ccccc3)c2)c2ccccc12. The first-order chi connectivity index (χ1) is 12.2. The van der Waals surface area contributed by atoms with Crippen LogP contribution < -0.4 is 0 Å². The summed E-state index contributed by atoms with van der Waals surface area (Å²) in [6.07, 6.45) is 1.96. The van der Waals surface area contributed by atoms with E-state index in [0.29, 0.717) is 0 Å². The molecule has 122 valence electrons. The molecule has 0 aliphatic rings. The summed E-state index contributed by atoms with van der Waals surface area (Å²) in [6.45, 7) is 8.34. The van der Waals surface area contributed by atoms with Crippen LogP contribution in [0.1, 0.15) is 16.8 Å². The standard InChI is InChI=1S/C24H21N/c1-4-22-18(3)25(24-13-9-8-12-23(22)24)21-15-17(2)14-20(16-21)19-10-6-5-7-11-19/h4-16H,1H2,2-3H3. The van der Waals surface area contributed by atoms with Crippen molar-refractivity contribution < 1.29 is 0 Å². The fourth-order valence-corrected chi connectivity index (χ4v) is 3.67. The first-order valence-electron chi connectivity index (χ1n) is 8.59. The van der Waals surface area contributed by atoms with Crippen LogP contribution >= 0.6 is 0 Å². The van der Waals surface area contributed by atoms with Crippen molar-refractivity contribution in [2.24, 2.45) is 0 Å². The van der Waals surface area contributed by atoms with Gasteiger partial charge in [-0.2, -0.15) is 0 Å². The highest BCUT2D eigenvalue weighted by Gasteiger charge is 2.13. The Hall–Kier alpha value is -3.06. The van der Waals surface area contributed by atoms with Crippen LogP contribution in [0.3, 0.4) is 0 Å². The molecule has 0 aliphatic heterocycles. The van der Waals surface area contributed by atoms with Gasteiger partial charge in [-0.3, -0.25) is 0 Å². The second-order valence-corrected chi connectivity index (χ2v) is 6.48. The number of aromatic nitrogens is 1. The average molecular weight is 323 g/mol. The van der Waals surface area contributed by atoms with Crippen LogP contribution in [0.4, 0.5) is 0 Å². The third-order valence-electron chi connectivity index (χ3n) is 4.79. The smallest absolute Gasteiger partial charge is 0.0537 e. The maximum absolute atomic E-state index is 4.02. The molecule has 1 nitrogen and oxygen atoms in total. The van der Waals surface area contributed by atoms with E-state index in [4.69, 9.17) is 0 Å². The van der Waals surface area contributed by atoms with Crippen LogP contribution in [0.2, 0.25) is 0 Å². The molecule has 1 aromatic heterocycles. The molecule has 0 radical (unpaired) electrons. The molecular weight excluding hydrogens is 302 g/mol. The maximum Gasteiger partial charge on any atom is 0.0537 e. The highest BCUT2D eigenvalue weighted by atomic mass is 15.0. The number of benzene rings is 3. The van der Waals surface area contributed by atoms with Gasteiger partial charge >= 0.3 is 0 Å². The van der Waals surface area contributed by atoms with Crippen LogP contribution in [-0.4, -0.2) is 4.57 Å². The second-order valence-electron chi connectivity index (χ2n) is 6.48. The fourth-order valence-electron chi connectivity index (χ4n) is 3.67. The molecule has 25 heavy (non-hydrogen) atoms. The fraction of sp³-hybridized carbons (Fsp3) is 0.0833. The van der Waals surface area contributed by atoms with E-state index in [1.807, 2.05) is 6.08 Å². The summed E-state index contributed by atoms with van der Waals surface area (Å²) in [5.74, 6) is 0. The van der Waals surface area contributed by atoms with Crippen LogP contribution in [0.25, 0.3) is 33.8 Å². The Balaban J connectivity index is 2.00. The van der Waals surface area contributed by atoms with Crippen molar-refractivity contribution in [3.8, 4) is 16.8 Å². The van der Waals surface area contributed by atoms with E-state index in [-0.39, 0.29) is 0 Å². The minimum Gasteiger partial charge on any atom is -0.313 e. The summed E-state index contributed by atoms with van der Waals surface area (Å²) in [5, 5.41) is 1.25. The quantitative estimate of drug-likeness (QED) is 0.402. The summed E-state index contributed by atoms with van der Waals surface area (Å²) >= 11 is 0. The van der Waals surface area contributed by atoms with Gasteiger partial charge in [0.1, 0.15) is 0 Å². The van der Waals surface area contributed by atoms with Crippen LogP contribution in [0.15, 0.2) is 79.4 Å². The van der Waals surface area contributed by atoms with Crippen molar-refractivity contribution in [2.45, 2.75) is 13.8 Å². The van der Waals surface area contributed by atoms with Gasteiger partial charge in [0.25, 0.3) is 0 Å². The Morgan fingerprint density at radius 2 is 1.52 bits per heavy atom. The molecule has 0 amide bonds. The summed E-state index contributed by atoms with van der Waals surface area (Å²) in [5.41, 5.74) is 8.59. The summed E-state index contributed by atoms with van der Waals surface area (Å²) in [6, 6.07) is 25.9. The minimum absolute atomic E-state index is 1.20. The predicted octanol–water partition coefficient (Wildman–Crippen LogP) is 6.56. The van der Waals surface area contributed by atoms with Crippen molar-refractivity contribution in [1.82, 2.24) is 4.57 Å². The molecule has 4 rings (SSSR count). The van der Waals surface area contributed by atoms with E-state index in [1.54, 1.807) is 0 Å². The predicted molar refractivity (Wildman–Crippen MR) is 108 cm³/mol. The van der Waals surface area contributed by atoms with E-state index in [1.165, 1.54) is 44.5 Å². The highest BCUT2D eigenvalue weighted by molar-refractivity contribution is 5.92. The first-order valence-corrected chi connectivity index (χ1v) is 8.59.